The normalized spacial score (nSPS) is 10.1. The highest BCUT2D eigenvalue weighted by Gasteiger charge is 1.95. The van der Waals surface area contributed by atoms with Gasteiger partial charge in [0.2, 0.25) is 5.95 Å². The second-order valence-electron chi connectivity index (χ2n) is 3.40. The summed E-state index contributed by atoms with van der Waals surface area (Å²) in [6.07, 6.45) is 5.86. The zero-order valence-corrected chi connectivity index (χ0v) is 8.73. The lowest BCUT2D eigenvalue weighted by molar-refractivity contribution is 0.584. The first-order valence-corrected chi connectivity index (χ1v) is 5.09. The van der Waals surface area contributed by atoms with Crippen LogP contribution in [0.5, 0.6) is 0 Å². The van der Waals surface area contributed by atoms with E-state index in [-0.39, 0.29) is 0 Å². The van der Waals surface area contributed by atoms with Gasteiger partial charge < -0.3 is 5.32 Å². The highest BCUT2D eigenvalue weighted by molar-refractivity contribution is 5.41. The van der Waals surface area contributed by atoms with E-state index < -0.39 is 5.95 Å². The molecule has 2 heterocycles. The average Bonchev–Trinajstić information content (AvgIpc) is 2.30. The Hall–Kier alpha value is -1.97. The molecule has 2 aromatic rings. The molecule has 0 saturated carbocycles. The molecule has 2 aromatic heterocycles. The lowest BCUT2D eigenvalue weighted by Crippen LogP contribution is -2.05. The molecular formula is C12H12FN3. The van der Waals surface area contributed by atoms with Crippen LogP contribution in [0, 0.1) is 5.95 Å². The van der Waals surface area contributed by atoms with Gasteiger partial charge in [-0.05, 0) is 30.2 Å². The lowest BCUT2D eigenvalue weighted by atomic mass is 10.2. The number of hydrogen-bond donors (Lipinski definition) is 1. The standard InChI is InChI=1S/C12H12FN3/c13-12-9-11(4-8-16-12)15-7-3-10-1-5-14-6-2-10/h1-2,4-6,8-9H,3,7H2,(H,15,16). The minimum Gasteiger partial charge on any atom is -0.385 e. The lowest BCUT2D eigenvalue weighted by Gasteiger charge is -2.05. The molecule has 2 rings (SSSR count). The van der Waals surface area contributed by atoms with E-state index in [4.69, 9.17) is 0 Å². The van der Waals surface area contributed by atoms with Gasteiger partial charge in [-0.3, -0.25) is 4.98 Å². The monoisotopic (exact) mass is 217 g/mol. The molecule has 4 heteroatoms. The highest BCUT2D eigenvalue weighted by Crippen LogP contribution is 2.07. The number of aromatic nitrogens is 2. The van der Waals surface area contributed by atoms with Gasteiger partial charge in [0.05, 0.1) is 0 Å². The Morgan fingerprint density at radius 2 is 1.94 bits per heavy atom. The summed E-state index contributed by atoms with van der Waals surface area (Å²) in [6, 6.07) is 7.06. The zero-order valence-electron chi connectivity index (χ0n) is 8.73. The number of rotatable bonds is 4. The molecule has 0 unspecified atom stereocenters. The van der Waals surface area contributed by atoms with Crippen LogP contribution in [0.3, 0.4) is 0 Å². The predicted molar refractivity (Wildman–Crippen MR) is 60.6 cm³/mol. The molecule has 0 bridgehead atoms. The molecule has 1 N–H and O–H groups in total. The second kappa shape index (κ2) is 5.21. The summed E-state index contributed by atoms with van der Waals surface area (Å²) in [7, 11) is 0. The van der Waals surface area contributed by atoms with Gasteiger partial charge in [0.1, 0.15) is 0 Å². The molecule has 16 heavy (non-hydrogen) atoms. The summed E-state index contributed by atoms with van der Waals surface area (Å²) < 4.78 is 12.8. The smallest absolute Gasteiger partial charge is 0.214 e. The fourth-order valence-corrected chi connectivity index (χ4v) is 1.41. The predicted octanol–water partition coefficient (Wildman–Crippen LogP) is 2.27. The van der Waals surface area contributed by atoms with Crippen molar-refractivity contribution in [1.29, 1.82) is 0 Å². The zero-order chi connectivity index (χ0) is 11.2. The number of pyridine rings is 2. The molecule has 0 fully saturated rings. The third-order valence-electron chi connectivity index (χ3n) is 2.22. The molecule has 0 radical (unpaired) electrons. The van der Waals surface area contributed by atoms with Gasteiger partial charge in [-0.1, -0.05) is 0 Å². The Labute approximate surface area is 93.4 Å². The number of anilines is 1. The van der Waals surface area contributed by atoms with Crippen molar-refractivity contribution in [2.75, 3.05) is 11.9 Å². The Kier molecular flexibility index (Phi) is 3.43. The van der Waals surface area contributed by atoms with Gasteiger partial charge in [0.25, 0.3) is 0 Å². The number of halogens is 1. The van der Waals surface area contributed by atoms with Crippen LogP contribution in [0.1, 0.15) is 5.56 Å². The van der Waals surface area contributed by atoms with Gasteiger partial charge in [-0.25, -0.2) is 4.98 Å². The van der Waals surface area contributed by atoms with Crippen LogP contribution < -0.4 is 5.32 Å². The largest absolute Gasteiger partial charge is 0.385 e. The summed E-state index contributed by atoms with van der Waals surface area (Å²) in [5.41, 5.74) is 1.96. The van der Waals surface area contributed by atoms with E-state index in [1.54, 1.807) is 18.5 Å². The van der Waals surface area contributed by atoms with Crippen molar-refractivity contribution in [2.45, 2.75) is 6.42 Å². The van der Waals surface area contributed by atoms with Crippen LogP contribution in [0.25, 0.3) is 0 Å². The second-order valence-corrected chi connectivity index (χ2v) is 3.40. The van der Waals surface area contributed by atoms with E-state index in [0.717, 1.165) is 18.7 Å². The first kappa shape index (κ1) is 10.5. The Bertz CT molecular complexity index is 445. The topological polar surface area (TPSA) is 37.8 Å². The first-order chi connectivity index (χ1) is 7.84. The van der Waals surface area contributed by atoms with Crippen LogP contribution in [0.15, 0.2) is 42.9 Å². The van der Waals surface area contributed by atoms with E-state index in [2.05, 4.69) is 15.3 Å². The third kappa shape index (κ3) is 3.02. The molecule has 0 amide bonds. The number of nitrogens with zero attached hydrogens (tertiary/aromatic N) is 2. The van der Waals surface area contributed by atoms with Gasteiger partial charge in [0, 0.05) is 36.9 Å². The minimum absolute atomic E-state index is 0.464. The van der Waals surface area contributed by atoms with Crippen LogP contribution in [-0.4, -0.2) is 16.5 Å². The van der Waals surface area contributed by atoms with Crippen molar-refractivity contribution in [3.05, 3.63) is 54.4 Å². The Morgan fingerprint density at radius 1 is 1.12 bits per heavy atom. The molecular weight excluding hydrogens is 205 g/mol. The molecule has 82 valence electrons. The third-order valence-corrected chi connectivity index (χ3v) is 2.22. The van der Waals surface area contributed by atoms with Gasteiger partial charge in [-0.15, -0.1) is 0 Å². The van der Waals surface area contributed by atoms with Crippen molar-refractivity contribution in [2.24, 2.45) is 0 Å². The molecule has 0 aliphatic carbocycles. The van der Waals surface area contributed by atoms with Crippen LogP contribution in [0.4, 0.5) is 10.1 Å². The van der Waals surface area contributed by atoms with Crippen molar-refractivity contribution < 1.29 is 4.39 Å². The average molecular weight is 217 g/mol. The van der Waals surface area contributed by atoms with Crippen LogP contribution >= 0.6 is 0 Å². The Morgan fingerprint density at radius 3 is 2.69 bits per heavy atom. The van der Waals surface area contributed by atoms with Gasteiger partial charge in [0.15, 0.2) is 0 Å². The van der Waals surface area contributed by atoms with Gasteiger partial charge >= 0.3 is 0 Å². The molecule has 3 nitrogen and oxygen atoms in total. The number of nitrogens with one attached hydrogen (secondary N) is 1. The van der Waals surface area contributed by atoms with E-state index in [1.165, 1.54) is 17.8 Å². The van der Waals surface area contributed by atoms with Crippen molar-refractivity contribution in [3.8, 4) is 0 Å². The summed E-state index contributed by atoms with van der Waals surface area (Å²) >= 11 is 0. The summed E-state index contributed by atoms with van der Waals surface area (Å²) in [5, 5.41) is 3.13. The molecule has 0 aromatic carbocycles. The van der Waals surface area contributed by atoms with Crippen LogP contribution in [0.2, 0.25) is 0 Å². The maximum atomic E-state index is 12.8. The molecule has 0 saturated heterocycles. The molecule has 0 atom stereocenters. The fraction of sp³-hybridized carbons (Fsp3) is 0.167. The minimum atomic E-state index is -0.464. The van der Waals surface area contributed by atoms with Crippen molar-refractivity contribution in [1.82, 2.24) is 9.97 Å². The van der Waals surface area contributed by atoms with Crippen molar-refractivity contribution in [3.63, 3.8) is 0 Å². The Balaban J connectivity index is 1.85. The van der Waals surface area contributed by atoms with E-state index in [1.807, 2.05) is 12.1 Å². The fourth-order valence-electron chi connectivity index (χ4n) is 1.41. The van der Waals surface area contributed by atoms with Gasteiger partial charge in [-0.2, -0.15) is 4.39 Å². The highest BCUT2D eigenvalue weighted by atomic mass is 19.1. The van der Waals surface area contributed by atoms with Crippen LogP contribution in [-0.2, 0) is 6.42 Å². The maximum Gasteiger partial charge on any atom is 0.214 e. The molecule has 0 aliphatic rings. The molecule has 0 spiro atoms. The summed E-state index contributed by atoms with van der Waals surface area (Å²) in [5.74, 6) is -0.464. The summed E-state index contributed by atoms with van der Waals surface area (Å²) in [4.78, 5) is 7.44. The van der Waals surface area contributed by atoms with Crippen molar-refractivity contribution >= 4 is 5.69 Å². The summed E-state index contributed by atoms with van der Waals surface area (Å²) in [6.45, 7) is 0.757. The van der Waals surface area contributed by atoms with E-state index >= 15 is 0 Å². The quantitative estimate of drug-likeness (QED) is 0.798. The maximum absolute atomic E-state index is 12.8. The first-order valence-electron chi connectivity index (χ1n) is 5.09. The van der Waals surface area contributed by atoms with E-state index in [9.17, 15) is 4.39 Å². The SMILES string of the molecule is Fc1cc(NCCc2ccncc2)ccn1. The van der Waals surface area contributed by atoms with E-state index in [0.29, 0.717) is 0 Å². The molecule has 0 aliphatic heterocycles. The number of hydrogen-bond acceptors (Lipinski definition) is 3.